The number of carbonyl (C=O) groups is 3. The monoisotopic (exact) mass is 476 g/mol. The number of methoxy groups -OCH3 is 1. The summed E-state index contributed by atoms with van der Waals surface area (Å²) < 4.78 is 9.82. The van der Waals surface area contributed by atoms with Gasteiger partial charge in [-0.05, 0) is 10.6 Å². The molecule has 0 aliphatic heterocycles. The minimum atomic E-state index is -1.85. The van der Waals surface area contributed by atoms with Gasteiger partial charge in [-0.3, -0.25) is 4.79 Å². The average Bonchev–Trinajstić information content (AvgIpc) is 2.74. The van der Waals surface area contributed by atoms with Gasteiger partial charge in [-0.15, -0.1) is 11.5 Å². The van der Waals surface area contributed by atoms with Crippen LogP contribution in [0.5, 0.6) is 0 Å². The lowest BCUT2D eigenvalue weighted by Crippen LogP contribution is -2.43. The zero-order valence-electron chi connectivity index (χ0n) is 20.4. The molecule has 0 aliphatic carbocycles. The summed E-state index contributed by atoms with van der Waals surface area (Å²) in [6.07, 6.45) is -2.04. The zero-order valence-corrected chi connectivity index (χ0v) is 21.4. The van der Waals surface area contributed by atoms with E-state index in [4.69, 9.17) is 9.47 Å². The Labute approximate surface area is 197 Å². The number of alkyl carbamates (subject to hydrolysis) is 1. The molecule has 1 aromatic carbocycles. The molecule has 182 valence electrons. The smallest absolute Gasteiger partial charge is 0.407 e. The van der Waals surface area contributed by atoms with Crippen molar-refractivity contribution < 1.29 is 29.0 Å². The Bertz CT molecular complexity index is 855. The van der Waals surface area contributed by atoms with E-state index in [0.717, 1.165) is 5.56 Å². The van der Waals surface area contributed by atoms with E-state index in [1.54, 1.807) is 0 Å². The molecule has 0 unspecified atom stereocenters. The van der Waals surface area contributed by atoms with Crippen LogP contribution in [0.1, 0.15) is 39.2 Å². The minimum Gasteiger partial charge on any atom is -0.467 e. The number of nitrogens with one attached hydrogen (secondary N) is 2. The normalized spacial score (nSPS) is 13.1. The molecule has 0 saturated carbocycles. The quantitative estimate of drug-likeness (QED) is 0.287. The van der Waals surface area contributed by atoms with E-state index in [0.29, 0.717) is 0 Å². The average molecular weight is 477 g/mol. The fraction of sp³-hybridized carbons (Fsp3) is 0.542. The number of aliphatic hydroxyl groups is 1. The summed E-state index contributed by atoms with van der Waals surface area (Å²) >= 11 is 0. The number of carbonyl (C=O) groups excluding carboxylic acids is 3. The number of benzene rings is 1. The molecule has 0 heterocycles. The molecule has 0 radical (unpaired) electrons. The van der Waals surface area contributed by atoms with Gasteiger partial charge in [-0.25, -0.2) is 9.59 Å². The first kappa shape index (κ1) is 28.2. The standard InChI is InChI=1S/C24H36N2O6Si/c1-24(2,3)33(5,6)14-10-13-20(22(29)31-4)26-21(28)15-19(27)16-25-23(30)32-17-18-11-8-7-9-12-18/h7-9,11-12,19-20,27H,13,15-17H2,1-6H3,(H,25,30)(H,26,28)/t19-,20+/m0/s1. The third kappa shape index (κ3) is 10.6. The van der Waals surface area contributed by atoms with Crippen LogP contribution in [-0.2, 0) is 25.7 Å². The minimum absolute atomic E-state index is 0.0728. The van der Waals surface area contributed by atoms with Crippen LogP contribution in [0.2, 0.25) is 18.1 Å². The van der Waals surface area contributed by atoms with E-state index in [9.17, 15) is 19.5 Å². The molecule has 0 saturated heterocycles. The van der Waals surface area contributed by atoms with Crippen molar-refractivity contribution in [2.75, 3.05) is 13.7 Å². The summed E-state index contributed by atoms with van der Waals surface area (Å²) in [6, 6.07) is 8.23. The first-order valence-electron chi connectivity index (χ1n) is 10.9. The summed E-state index contributed by atoms with van der Waals surface area (Å²) in [7, 11) is -0.612. The highest BCUT2D eigenvalue weighted by molar-refractivity contribution is 6.87. The number of hydrogen-bond acceptors (Lipinski definition) is 6. The molecular weight excluding hydrogens is 440 g/mol. The third-order valence-corrected chi connectivity index (χ3v) is 10.1. The maximum absolute atomic E-state index is 12.3. The second kappa shape index (κ2) is 13.0. The van der Waals surface area contributed by atoms with E-state index in [-0.39, 0.29) is 31.0 Å². The number of aliphatic hydroxyl groups excluding tert-OH is 1. The van der Waals surface area contributed by atoms with Gasteiger partial charge in [-0.1, -0.05) is 64.2 Å². The Hall–Kier alpha value is -2.83. The first-order chi connectivity index (χ1) is 15.4. The van der Waals surface area contributed by atoms with Crippen LogP contribution >= 0.6 is 0 Å². The Morgan fingerprint density at radius 1 is 1.15 bits per heavy atom. The second-order valence-corrected chi connectivity index (χ2v) is 14.3. The van der Waals surface area contributed by atoms with Crippen LogP contribution in [-0.4, -0.2) is 57.0 Å². The van der Waals surface area contributed by atoms with Crippen LogP contribution in [0.15, 0.2) is 30.3 Å². The number of amides is 2. The predicted molar refractivity (Wildman–Crippen MR) is 129 cm³/mol. The van der Waals surface area contributed by atoms with Crippen LogP contribution in [0, 0.1) is 11.5 Å². The molecule has 2 amide bonds. The maximum atomic E-state index is 12.3. The maximum Gasteiger partial charge on any atom is 0.407 e. The Morgan fingerprint density at radius 2 is 1.79 bits per heavy atom. The Kier molecular flexibility index (Phi) is 11.1. The topological polar surface area (TPSA) is 114 Å². The third-order valence-electron chi connectivity index (χ3n) is 5.52. The molecule has 2 atom stereocenters. The van der Waals surface area contributed by atoms with Gasteiger partial charge in [0.15, 0.2) is 0 Å². The molecule has 8 nitrogen and oxygen atoms in total. The summed E-state index contributed by atoms with van der Waals surface area (Å²) in [5.41, 5.74) is 4.13. The van der Waals surface area contributed by atoms with Gasteiger partial charge in [0.2, 0.25) is 5.91 Å². The predicted octanol–water partition coefficient (Wildman–Crippen LogP) is 2.76. The molecule has 1 rings (SSSR count). The Morgan fingerprint density at radius 3 is 2.36 bits per heavy atom. The van der Waals surface area contributed by atoms with E-state index >= 15 is 0 Å². The van der Waals surface area contributed by atoms with Crippen molar-refractivity contribution in [2.24, 2.45) is 0 Å². The van der Waals surface area contributed by atoms with Crippen LogP contribution < -0.4 is 10.6 Å². The highest BCUT2D eigenvalue weighted by Gasteiger charge is 2.33. The number of ether oxygens (including phenoxy) is 2. The first-order valence-corrected chi connectivity index (χ1v) is 13.9. The van der Waals surface area contributed by atoms with Gasteiger partial charge in [0.05, 0.1) is 19.6 Å². The number of rotatable bonds is 9. The highest BCUT2D eigenvalue weighted by atomic mass is 28.3. The van der Waals surface area contributed by atoms with Gasteiger partial charge < -0.3 is 25.2 Å². The molecule has 3 N–H and O–H groups in total. The van der Waals surface area contributed by atoms with Gasteiger partial charge in [0.1, 0.15) is 20.7 Å². The highest BCUT2D eigenvalue weighted by Crippen LogP contribution is 2.35. The van der Waals surface area contributed by atoms with Gasteiger partial charge in [-0.2, -0.15) is 0 Å². The van der Waals surface area contributed by atoms with E-state index in [2.05, 4.69) is 56.0 Å². The van der Waals surface area contributed by atoms with Gasteiger partial charge in [0, 0.05) is 13.0 Å². The number of hydrogen-bond donors (Lipinski definition) is 3. The molecule has 0 bridgehead atoms. The fourth-order valence-electron chi connectivity index (χ4n) is 2.41. The molecule has 0 aromatic heterocycles. The molecule has 0 aliphatic rings. The van der Waals surface area contributed by atoms with Gasteiger partial charge >= 0.3 is 12.1 Å². The summed E-state index contributed by atoms with van der Waals surface area (Å²) in [4.78, 5) is 36.1. The lowest BCUT2D eigenvalue weighted by atomic mass is 10.2. The van der Waals surface area contributed by atoms with Crippen molar-refractivity contribution in [3.63, 3.8) is 0 Å². The summed E-state index contributed by atoms with van der Waals surface area (Å²) in [5, 5.41) is 15.1. The van der Waals surface area contributed by atoms with E-state index < -0.39 is 38.2 Å². The molecule has 0 fully saturated rings. The van der Waals surface area contributed by atoms with Crippen molar-refractivity contribution in [2.45, 2.75) is 70.5 Å². The molecule has 33 heavy (non-hydrogen) atoms. The van der Waals surface area contributed by atoms with Crippen molar-refractivity contribution >= 4 is 26.0 Å². The molecule has 9 heteroatoms. The van der Waals surface area contributed by atoms with E-state index in [1.165, 1.54) is 7.11 Å². The summed E-state index contributed by atoms with van der Waals surface area (Å²) in [5.74, 6) is 1.88. The van der Waals surface area contributed by atoms with Crippen molar-refractivity contribution in [3.05, 3.63) is 35.9 Å². The van der Waals surface area contributed by atoms with Gasteiger partial charge in [0.25, 0.3) is 0 Å². The molecule has 0 spiro atoms. The van der Waals surface area contributed by atoms with Crippen LogP contribution in [0.25, 0.3) is 0 Å². The second-order valence-electron chi connectivity index (χ2n) is 9.32. The summed E-state index contributed by atoms with van der Waals surface area (Å²) in [6.45, 7) is 10.6. The fourth-order valence-corrected chi connectivity index (χ4v) is 3.33. The largest absolute Gasteiger partial charge is 0.467 e. The number of esters is 1. The van der Waals surface area contributed by atoms with Crippen LogP contribution in [0.3, 0.4) is 0 Å². The Balaban J connectivity index is 2.51. The SMILES string of the molecule is COC(=O)[C@@H](CC#C[Si](C)(C)C(C)(C)C)NC(=O)C[C@H](O)CNC(=O)OCc1ccccc1. The van der Waals surface area contributed by atoms with E-state index in [1.807, 2.05) is 30.3 Å². The van der Waals surface area contributed by atoms with Crippen molar-refractivity contribution in [1.82, 2.24) is 10.6 Å². The lowest BCUT2D eigenvalue weighted by molar-refractivity contribution is -0.145. The van der Waals surface area contributed by atoms with Crippen molar-refractivity contribution in [3.8, 4) is 11.5 Å². The lowest BCUT2D eigenvalue weighted by Gasteiger charge is -2.31. The van der Waals surface area contributed by atoms with Crippen molar-refractivity contribution in [1.29, 1.82) is 0 Å². The van der Waals surface area contributed by atoms with Crippen LogP contribution in [0.4, 0.5) is 4.79 Å². The molecular formula is C24H36N2O6Si. The zero-order chi connectivity index (χ0) is 25.1. The molecule has 1 aromatic rings.